The van der Waals surface area contributed by atoms with E-state index in [0.29, 0.717) is 17.1 Å². The number of nitrogens with zero attached hydrogens (tertiary/aromatic N) is 4. The van der Waals surface area contributed by atoms with E-state index < -0.39 is 23.6 Å². The number of hydrogen-bond acceptors (Lipinski definition) is 8. The SMILES string of the molecule is CC(C)(c1ccc(O)cc1)c1ccc(Oc2ccc3c(c2)C(=O)N(c2nc(N4C(=O)c5ccc(C#Cc6ccccc6)cc5C4=O)n[nH]2)C3=O)cc1. The number of ether oxygens (including phenoxy) is 1. The molecule has 252 valence electrons. The van der Waals surface area contributed by atoms with Gasteiger partial charge in [-0.15, -0.1) is 5.10 Å². The van der Waals surface area contributed by atoms with E-state index in [0.717, 1.165) is 26.5 Å². The Balaban J connectivity index is 0.984. The molecule has 5 aromatic carbocycles. The number of imide groups is 2. The Hall–Kier alpha value is -7.32. The van der Waals surface area contributed by atoms with Crippen LogP contribution in [-0.2, 0) is 5.41 Å². The lowest BCUT2D eigenvalue weighted by Gasteiger charge is -2.26. The standard InChI is InChI=1S/C41H27N5O6/c1-41(2,26-11-15-28(47)16-12-26)27-13-17-29(18-14-27)52-30-19-21-32-34(23-30)38(51)46(36(32)49)40-42-39(43-44-40)45-35(48)31-20-10-25(22-33(31)37(45)50)9-8-24-6-4-3-5-7-24/h3-7,10-23,47H,1-2H3,(H,42,43,44). The number of phenolic OH excluding ortho intramolecular Hbond substituents is 1. The highest BCUT2D eigenvalue weighted by atomic mass is 16.5. The number of amides is 4. The van der Waals surface area contributed by atoms with E-state index in [4.69, 9.17) is 4.74 Å². The zero-order valence-electron chi connectivity index (χ0n) is 27.7. The van der Waals surface area contributed by atoms with E-state index in [-0.39, 0.29) is 45.3 Å². The summed E-state index contributed by atoms with van der Waals surface area (Å²) in [5.74, 6) is 3.90. The molecule has 0 bridgehead atoms. The van der Waals surface area contributed by atoms with Crippen LogP contribution in [0.3, 0.4) is 0 Å². The fourth-order valence-corrected chi connectivity index (χ4v) is 6.21. The van der Waals surface area contributed by atoms with Gasteiger partial charge in [-0.2, -0.15) is 4.98 Å². The highest BCUT2D eigenvalue weighted by Crippen LogP contribution is 2.36. The number of hydrogen-bond donors (Lipinski definition) is 2. The van der Waals surface area contributed by atoms with Gasteiger partial charge in [0.25, 0.3) is 29.6 Å². The predicted molar refractivity (Wildman–Crippen MR) is 191 cm³/mol. The van der Waals surface area contributed by atoms with Crippen molar-refractivity contribution in [1.82, 2.24) is 15.2 Å². The molecule has 0 saturated carbocycles. The van der Waals surface area contributed by atoms with Crippen LogP contribution in [0.4, 0.5) is 11.9 Å². The number of anilines is 2. The van der Waals surface area contributed by atoms with Gasteiger partial charge in [0.2, 0.25) is 5.95 Å². The Labute approximate surface area is 297 Å². The second-order valence-corrected chi connectivity index (χ2v) is 12.7. The zero-order chi connectivity index (χ0) is 36.1. The molecule has 0 radical (unpaired) electrons. The highest BCUT2D eigenvalue weighted by Gasteiger charge is 2.42. The minimum absolute atomic E-state index is 0.0930. The number of nitrogens with one attached hydrogen (secondary N) is 1. The Bertz CT molecular complexity index is 2510. The summed E-state index contributed by atoms with van der Waals surface area (Å²) in [5, 5.41) is 16.2. The lowest BCUT2D eigenvalue weighted by Crippen LogP contribution is -2.32. The monoisotopic (exact) mass is 685 g/mol. The smallest absolute Gasteiger partial charge is 0.268 e. The molecule has 2 aliphatic heterocycles. The van der Waals surface area contributed by atoms with Gasteiger partial charge in [-0.05, 0) is 83.9 Å². The second kappa shape index (κ2) is 12.2. The molecule has 8 rings (SSSR count). The summed E-state index contributed by atoms with van der Waals surface area (Å²) in [7, 11) is 0. The molecule has 52 heavy (non-hydrogen) atoms. The maximum Gasteiger partial charge on any atom is 0.268 e. The number of carbonyl (C=O) groups excluding carboxylic acids is 4. The fourth-order valence-electron chi connectivity index (χ4n) is 6.21. The third kappa shape index (κ3) is 5.45. The molecule has 0 spiro atoms. The van der Waals surface area contributed by atoms with E-state index in [1.54, 1.807) is 24.3 Å². The molecule has 0 fully saturated rings. The Morgan fingerprint density at radius 2 is 1.17 bits per heavy atom. The first-order valence-electron chi connectivity index (χ1n) is 16.2. The number of benzene rings is 5. The average Bonchev–Trinajstić information content (AvgIpc) is 3.79. The van der Waals surface area contributed by atoms with Crippen LogP contribution in [-0.4, -0.2) is 43.9 Å². The Kier molecular flexibility index (Phi) is 7.50. The van der Waals surface area contributed by atoms with Gasteiger partial charge in [-0.1, -0.05) is 68.2 Å². The molecule has 2 N–H and O–H groups in total. The molecule has 2 aliphatic rings. The molecule has 11 heteroatoms. The molecule has 0 atom stereocenters. The van der Waals surface area contributed by atoms with Gasteiger partial charge < -0.3 is 9.84 Å². The molecule has 0 aliphatic carbocycles. The summed E-state index contributed by atoms with van der Waals surface area (Å²) in [6, 6.07) is 33.2. The van der Waals surface area contributed by atoms with Crippen molar-refractivity contribution in [1.29, 1.82) is 0 Å². The molecule has 11 nitrogen and oxygen atoms in total. The van der Waals surface area contributed by atoms with Gasteiger partial charge in [0.05, 0.1) is 22.3 Å². The molecule has 1 aromatic heterocycles. The molecule has 4 amide bonds. The van der Waals surface area contributed by atoms with E-state index >= 15 is 0 Å². The number of carbonyl (C=O) groups is 4. The maximum absolute atomic E-state index is 13.5. The topological polar surface area (TPSA) is 146 Å². The summed E-state index contributed by atoms with van der Waals surface area (Å²) < 4.78 is 6.05. The van der Waals surface area contributed by atoms with Crippen molar-refractivity contribution >= 4 is 35.5 Å². The van der Waals surface area contributed by atoms with Crippen LogP contribution in [0.25, 0.3) is 0 Å². The van der Waals surface area contributed by atoms with Crippen molar-refractivity contribution in [3.8, 4) is 29.1 Å². The maximum atomic E-state index is 13.5. The van der Waals surface area contributed by atoms with Gasteiger partial charge >= 0.3 is 0 Å². The van der Waals surface area contributed by atoms with E-state index in [1.807, 2.05) is 66.7 Å². The van der Waals surface area contributed by atoms with Crippen LogP contribution < -0.4 is 14.5 Å². The van der Waals surface area contributed by atoms with Gasteiger partial charge in [0.1, 0.15) is 17.2 Å². The first kappa shape index (κ1) is 31.9. The van der Waals surface area contributed by atoms with Crippen molar-refractivity contribution in [2.75, 3.05) is 9.80 Å². The molecular weight excluding hydrogens is 658 g/mol. The second-order valence-electron chi connectivity index (χ2n) is 12.7. The third-order valence-corrected chi connectivity index (χ3v) is 9.14. The number of aromatic nitrogens is 3. The van der Waals surface area contributed by atoms with Crippen LogP contribution in [0.1, 0.15) is 77.5 Å². The molecule has 3 heterocycles. The van der Waals surface area contributed by atoms with Crippen molar-refractivity contribution in [3.63, 3.8) is 0 Å². The van der Waals surface area contributed by atoms with Crippen LogP contribution in [0.5, 0.6) is 17.2 Å². The van der Waals surface area contributed by atoms with Gasteiger partial charge in [0, 0.05) is 16.5 Å². The van der Waals surface area contributed by atoms with Crippen molar-refractivity contribution in [3.05, 3.63) is 160 Å². The summed E-state index contributed by atoms with van der Waals surface area (Å²) >= 11 is 0. The molecule has 0 unspecified atom stereocenters. The first-order chi connectivity index (χ1) is 25.1. The number of H-pyrrole nitrogens is 1. The average molecular weight is 686 g/mol. The lowest BCUT2D eigenvalue weighted by atomic mass is 9.78. The minimum Gasteiger partial charge on any atom is -0.508 e. The van der Waals surface area contributed by atoms with Crippen LogP contribution in [0.2, 0.25) is 0 Å². The highest BCUT2D eigenvalue weighted by molar-refractivity contribution is 6.35. The fraction of sp³-hybridized carbons (Fsp3) is 0.0732. The van der Waals surface area contributed by atoms with E-state index in [1.165, 1.54) is 24.3 Å². The number of phenols is 1. The molecular formula is C41H27N5O6. The Morgan fingerprint density at radius 3 is 1.88 bits per heavy atom. The van der Waals surface area contributed by atoms with E-state index in [2.05, 4.69) is 40.9 Å². The van der Waals surface area contributed by atoms with Gasteiger partial charge in [-0.3, -0.25) is 19.2 Å². The summed E-state index contributed by atoms with van der Waals surface area (Å²) in [6.45, 7) is 4.17. The van der Waals surface area contributed by atoms with Crippen molar-refractivity contribution < 1.29 is 29.0 Å². The number of aromatic hydroxyl groups is 1. The quantitative estimate of drug-likeness (QED) is 0.147. The predicted octanol–water partition coefficient (Wildman–Crippen LogP) is 6.63. The van der Waals surface area contributed by atoms with Crippen LogP contribution >= 0.6 is 0 Å². The van der Waals surface area contributed by atoms with Gasteiger partial charge in [0.15, 0.2) is 0 Å². The zero-order valence-corrected chi connectivity index (χ0v) is 27.7. The van der Waals surface area contributed by atoms with Crippen molar-refractivity contribution in [2.24, 2.45) is 0 Å². The lowest BCUT2D eigenvalue weighted by molar-refractivity contribution is 0.0909. The number of aromatic amines is 1. The number of rotatable bonds is 6. The van der Waals surface area contributed by atoms with E-state index in [9.17, 15) is 24.3 Å². The number of fused-ring (bicyclic) bond motifs is 2. The van der Waals surface area contributed by atoms with Crippen LogP contribution in [0, 0.1) is 11.8 Å². The van der Waals surface area contributed by atoms with Gasteiger partial charge in [-0.25, -0.2) is 14.9 Å². The normalized spacial score (nSPS) is 13.6. The first-order valence-corrected chi connectivity index (χ1v) is 16.2. The largest absolute Gasteiger partial charge is 0.508 e. The minimum atomic E-state index is -0.678. The molecule has 0 saturated heterocycles. The summed E-state index contributed by atoms with van der Waals surface area (Å²) in [5.41, 5.74) is 3.59. The summed E-state index contributed by atoms with van der Waals surface area (Å²) in [4.78, 5) is 59.4. The van der Waals surface area contributed by atoms with Crippen molar-refractivity contribution in [2.45, 2.75) is 19.3 Å². The van der Waals surface area contributed by atoms with Crippen LogP contribution in [0.15, 0.2) is 115 Å². The summed E-state index contributed by atoms with van der Waals surface area (Å²) in [6.07, 6.45) is 0. The Morgan fingerprint density at radius 1 is 0.615 bits per heavy atom. The third-order valence-electron chi connectivity index (χ3n) is 9.14. The molecule has 6 aromatic rings.